The molecule has 140 valence electrons. The molecule has 1 saturated heterocycles. The molecule has 1 amide bonds. The molecule has 0 unspecified atom stereocenters. The SMILES string of the molecule is C=C(F)C(=O)N1CC(n2nc(C#Cc3cccc(F)c3F)c3cccnc32)C1. The van der Waals surface area contributed by atoms with Crippen LogP contribution in [0.4, 0.5) is 13.2 Å². The Kier molecular flexibility index (Phi) is 4.35. The van der Waals surface area contributed by atoms with Gasteiger partial charge in [-0.15, -0.1) is 0 Å². The summed E-state index contributed by atoms with van der Waals surface area (Å²) in [6.45, 7) is 3.54. The van der Waals surface area contributed by atoms with Crippen LogP contribution in [-0.4, -0.2) is 38.7 Å². The fourth-order valence-corrected chi connectivity index (χ4v) is 2.99. The van der Waals surface area contributed by atoms with Crippen molar-refractivity contribution in [1.29, 1.82) is 0 Å². The molecule has 1 aliphatic rings. The van der Waals surface area contributed by atoms with E-state index in [0.717, 1.165) is 6.07 Å². The van der Waals surface area contributed by atoms with Crippen LogP contribution in [-0.2, 0) is 4.79 Å². The number of rotatable bonds is 2. The van der Waals surface area contributed by atoms with E-state index in [9.17, 15) is 18.0 Å². The Hall–Kier alpha value is -3.60. The molecule has 0 atom stereocenters. The van der Waals surface area contributed by atoms with Gasteiger partial charge in [-0.3, -0.25) is 4.79 Å². The summed E-state index contributed by atoms with van der Waals surface area (Å²) in [6.07, 6.45) is 1.59. The van der Waals surface area contributed by atoms with E-state index in [0.29, 0.717) is 16.7 Å². The van der Waals surface area contributed by atoms with Crippen molar-refractivity contribution in [1.82, 2.24) is 19.7 Å². The number of fused-ring (bicyclic) bond motifs is 1. The van der Waals surface area contributed by atoms with E-state index < -0.39 is 23.4 Å². The van der Waals surface area contributed by atoms with Gasteiger partial charge in [0.2, 0.25) is 0 Å². The molecule has 0 bridgehead atoms. The van der Waals surface area contributed by atoms with Gasteiger partial charge in [-0.05, 0) is 30.2 Å². The summed E-state index contributed by atoms with van der Waals surface area (Å²) in [4.78, 5) is 17.2. The first-order valence-corrected chi connectivity index (χ1v) is 8.38. The van der Waals surface area contributed by atoms with E-state index in [-0.39, 0.29) is 24.7 Å². The molecule has 1 aliphatic heterocycles. The molecular weight excluding hydrogens is 369 g/mol. The summed E-state index contributed by atoms with van der Waals surface area (Å²) in [5.74, 6) is 1.61. The first-order valence-electron chi connectivity index (χ1n) is 8.38. The van der Waals surface area contributed by atoms with Crippen LogP contribution in [0.25, 0.3) is 11.0 Å². The average Bonchev–Trinajstić information content (AvgIpc) is 3.00. The van der Waals surface area contributed by atoms with E-state index >= 15 is 0 Å². The maximum absolute atomic E-state index is 13.8. The summed E-state index contributed by atoms with van der Waals surface area (Å²) >= 11 is 0. The van der Waals surface area contributed by atoms with Gasteiger partial charge in [0.25, 0.3) is 5.91 Å². The second kappa shape index (κ2) is 6.85. The molecule has 0 spiro atoms. The third-order valence-electron chi connectivity index (χ3n) is 4.46. The molecule has 0 aliphatic carbocycles. The highest BCUT2D eigenvalue weighted by Crippen LogP contribution is 2.27. The molecule has 0 saturated carbocycles. The highest BCUT2D eigenvalue weighted by atomic mass is 19.2. The Bertz CT molecular complexity index is 1170. The number of benzene rings is 1. The number of pyridine rings is 1. The molecule has 4 rings (SSSR count). The summed E-state index contributed by atoms with van der Waals surface area (Å²) in [5.41, 5.74) is 0.822. The molecule has 0 N–H and O–H groups in total. The Morgan fingerprint density at radius 3 is 2.71 bits per heavy atom. The number of hydrogen-bond donors (Lipinski definition) is 0. The zero-order valence-electron chi connectivity index (χ0n) is 14.5. The molecule has 2 aromatic heterocycles. The number of aromatic nitrogens is 3. The number of halogens is 3. The van der Waals surface area contributed by atoms with Crippen LogP contribution >= 0.6 is 0 Å². The van der Waals surface area contributed by atoms with E-state index in [4.69, 9.17) is 0 Å². The summed E-state index contributed by atoms with van der Waals surface area (Å²) in [7, 11) is 0. The number of carbonyl (C=O) groups is 1. The van der Waals surface area contributed by atoms with Crippen molar-refractivity contribution in [2.45, 2.75) is 6.04 Å². The number of nitrogens with zero attached hydrogens (tertiary/aromatic N) is 4. The van der Waals surface area contributed by atoms with Crippen molar-refractivity contribution in [3.63, 3.8) is 0 Å². The van der Waals surface area contributed by atoms with Gasteiger partial charge in [0, 0.05) is 19.3 Å². The van der Waals surface area contributed by atoms with Gasteiger partial charge in [-0.2, -0.15) is 5.10 Å². The molecule has 0 radical (unpaired) electrons. The topological polar surface area (TPSA) is 51.0 Å². The Morgan fingerprint density at radius 1 is 1.18 bits per heavy atom. The lowest BCUT2D eigenvalue weighted by Crippen LogP contribution is -2.51. The van der Waals surface area contributed by atoms with Gasteiger partial charge in [0.1, 0.15) is 5.69 Å². The first-order chi connectivity index (χ1) is 13.5. The fourth-order valence-electron chi connectivity index (χ4n) is 2.99. The minimum absolute atomic E-state index is 0.0755. The molecule has 1 fully saturated rings. The highest BCUT2D eigenvalue weighted by molar-refractivity contribution is 5.91. The molecule has 5 nitrogen and oxygen atoms in total. The Morgan fingerprint density at radius 2 is 1.96 bits per heavy atom. The second-order valence-electron chi connectivity index (χ2n) is 6.29. The van der Waals surface area contributed by atoms with Crippen LogP contribution < -0.4 is 0 Å². The van der Waals surface area contributed by atoms with E-state index in [1.54, 1.807) is 23.0 Å². The average molecular weight is 382 g/mol. The van der Waals surface area contributed by atoms with Crippen LogP contribution in [0.3, 0.4) is 0 Å². The summed E-state index contributed by atoms with van der Waals surface area (Å²) in [6, 6.07) is 7.06. The maximum Gasteiger partial charge on any atom is 0.282 e. The third-order valence-corrected chi connectivity index (χ3v) is 4.46. The minimum Gasteiger partial charge on any atom is -0.332 e. The molecule has 1 aromatic carbocycles. The maximum atomic E-state index is 13.8. The van der Waals surface area contributed by atoms with Crippen LogP contribution in [0, 0.1) is 23.5 Å². The number of likely N-dealkylation sites (tertiary alicyclic amines) is 1. The minimum atomic E-state index is -1.02. The molecule has 3 heterocycles. The second-order valence-corrected chi connectivity index (χ2v) is 6.29. The van der Waals surface area contributed by atoms with Crippen molar-refractivity contribution in [2.24, 2.45) is 0 Å². The summed E-state index contributed by atoms with van der Waals surface area (Å²) < 4.78 is 41.7. The molecule has 3 aromatic rings. The third kappa shape index (κ3) is 3.01. The smallest absolute Gasteiger partial charge is 0.282 e. The normalized spacial score (nSPS) is 13.8. The zero-order valence-corrected chi connectivity index (χ0v) is 14.5. The molecular formula is C20H13F3N4O. The van der Waals surface area contributed by atoms with Gasteiger partial charge in [0.15, 0.2) is 23.1 Å². The fraction of sp³-hybridized carbons (Fsp3) is 0.150. The summed E-state index contributed by atoms with van der Waals surface area (Å²) in [5, 5.41) is 5.07. The van der Waals surface area contributed by atoms with E-state index in [1.165, 1.54) is 17.0 Å². The van der Waals surface area contributed by atoms with Crippen molar-refractivity contribution < 1.29 is 18.0 Å². The lowest BCUT2D eigenvalue weighted by Gasteiger charge is -2.38. The largest absolute Gasteiger partial charge is 0.332 e. The van der Waals surface area contributed by atoms with Crippen LogP contribution in [0.2, 0.25) is 0 Å². The Balaban J connectivity index is 1.67. The van der Waals surface area contributed by atoms with Crippen LogP contribution in [0.1, 0.15) is 17.3 Å². The lowest BCUT2D eigenvalue weighted by molar-refractivity contribution is -0.134. The zero-order chi connectivity index (χ0) is 19.8. The van der Waals surface area contributed by atoms with Gasteiger partial charge >= 0.3 is 0 Å². The van der Waals surface area contributed by atoms with Crippen molar-refractivity contribution in [3.8, 4) is 11.8 Å². The number of hydrogen-bond acceptors (Lipinski definition) is 3. The monoisotopic (exact) mass is 382 g/mol. The number of carbonyl (C=O) groups excluding carboxylic acids is 1. The molecule has 8 heteroatoms. The van der Waals surface area contributed by atoms with E-state index in [2.05, 4.69) is 28.5 Å². The van der Waals surface area contributed by atoms with Crippen LogP contribution in [0.15, 0.2) is 48.9 Å². The van der Waals surface area contributed by atoms with Crippen LogP contribution in [0.5, 0.6) is 0 Å². The Labute approximate surface area is 158 Å². The van der Waals surface area contributed by atoms with E-state index in [1.807, 2.05) is 0 Å². The highest BCUT2D eigenvalue weighted by Gasteiger charge is 2.35. The van der Waals surface area contributed by atoms with Gasteiger partial charge < -0.3 is 4.90 Å². The van der Waals surface area contributed by atoms with Gasteiger partial charge in [-0.25, -0.2) is 22.8 Å². The van der Waals surface area contributed by atoms with Crippen molar-refractivity contribution in [2.75, 3.05) is 13.1 Å². The first kappa shape index (κ1) is 17.8. The lowest BCUT2D eigenvalue weighted by atomic mass is 10.1. The quantitative estimate of drug-likeness (QED) is 0.506. The van der Waals surface area contributed by atoms with Crippen molar-refractivity contribution in [3.05, 3.63) is 71.8 Å². The standard InChI is InChI=1S/C20H13F3N4O/c1-12(21)20(28)26-10-14(11-26)27-19-15(5-3-9-24-19)17(25-27)8-7-13-4-2-6-16(22)18(13)23/h2-6,9,14H,1,10-11H2. The van der Waals surface area contributed by atoms with Gasteiger partial charge in [0.05, 0.1) is 17.0 Å². The van der Waals surface area contributed by atoms with Crippen molar-refractivity contribution >= 4 is 16.9 Å². The number of amides is 1. The van der Waals surface area contributed by atoms with Gasteiger partial charge in [-0.1, -0.05) is 18.6 Å². The predicted molar refractivity (Wildman–Crippen MR) is 95.7 cm³/mol. The predicted octanol–water partition coefficient (Wildman–Crippen LogP) is 2.98. The molecule has 28 heavy (non-hydrogen) atoms.